The average Bonchev–Trinajstić information content (AvgIpc) is 2.54. The fraction of sp³-hybridized carbons (Fsp3) is 0.842. The van der Waals surface area contributed by atoms with Crippen LogP contribution in [0.25, 0.3) is 0 Å². The van der Waals surface area contributed by atoms with Crippen molar-refractivity contribution >= 4 is 5.97 Å². The van der Waals surface area contributed by atoms with E-state index in [4.69, 9.17) is 9.47 Å². The fourth-order valence-electron chi connectivity index (χ4n) is 4.64. The van der Waals surface area contributed by atoms with E-state index in [0.29, 0.717) is 24.7 Å². The van der Waals surface area contributed by atoms with Gasteiger partial charge in [0.2, 0.25) is 0 Å². The van der Waals surface area contributed by atoms with E-state index < -0.39 is 0 Å². The molecule has 2 aliphatic carbocycles. The Kier molecular flexibility index (Phi) is 5.56. The molecule has 3 heteroatoms. The smallest absolute Gasteiger partial charge is 0.302 e. The Morgan fingerprint density at radius 1 is 1.18 bits per heavy atom. The van der Waals surface area contributed by atoms with E-state index in [1.54, 1.807) is 5.57 Å². The van der Waals surface area contributed by atoms with Gasteiger partial charge in [-0.25, -0.2) is 0 Å². The highest BCUT2D eigenvalue weighted by molar-refractivity contribution is 5.65. The molecule has 0 aromatic carbocycles. The minimum atomic E-state index is -0.170. The summed E-state index contributed by atoms with van der Waals surface area (Å²) in [5.41, 5.74) is 1.74. The van der Waals surface area contributed by atoms with Crippen LogP contribution in [0.2, 0.25) is 0 Å². The lowest BCUT2D eigenvalue weighted by Crippen LogP contribution is -2.45. The first-order valence-electron chi connectivity index (χ1n) is 9.24. The third kappa shape index (κ3) is 3.73. The number of hydrogen-bond acceptors (Lipinski definition) is 3. The van der Waals surface area contributed by atoms with Gasteiger partial charge in [-0.3, -0.25) is 4.79 Å². The molecule has 1 heterocycles. The summed E-state index contributed by atoms with van der Waals surface area (Å²) in [5, 5.41) is 0. The van der Waals surface area contributed by atoms with Crippen LogP contribution in [0.1, 0.15) is 71.1 Å². The maximum Gasteiger partial charge on any atom is 0.302 e. The normalized spacial score (nSPS) is 34.3. The Labute approximate surface area is 134 Å². The molecule has 124 valence electrons. The zero-order valence-electron chi connectivity index (χ0n) is 13.9. The molecule has 1 aliphatic heterocycles. The van der Waals surface area contributed by atoms with Crippen molar-refractivity contribution in [1.82, 2.24) is 0 Å². The molecule has 4 atom stereocenters. The molecule has 1 saturated heterocycles. The molecule has 0 amide bonds. The number of allylic oxidation sites excluding steroid dienone is 1. The van der Waals surface area contributed by atoms with Gasteiger partial charge in [0.25, 0.3) is 0 Å². The zero-order chi connectivity index (χ0) is 15.4. The molecule has 0 spiro atoms. The molecule has 2 fully saturated rings. The molecule has 22 heavy (non-hydrogen) atoms. The van der Waals surface area contributed by atoms with Gasteiger partial charge in [0.05, 0.1) is 18.8 Å². The van der Waals surface area contributed by atoms with E-state index in [1.807, 2.05) is 0 Å². The molecule has 1 saturated carbocycles. The fourth-order valence-corrected chi connectivity index (χ4v) is 4.64. The van der Waals surface area contributed by atoms with Gasteiger partial charge in [0.1, 0.15) is 0 Å². The van der Waals surface area contributed by atoms with Crippen molar-refractivity contribution in [2.45, 2.75) is 83.3 Å². The van der Waals surface area contributed by atoms with Crippen molar-refractivity contribution in [1.29, 1.82) is 0 Å². The number of unbranched alkanes of at least 4 members (excludes halogenated alkanes) is 1. The van der Waals surface area contributed by atoms with Crippen LogP contribution in [0.15, 0.2) is 11.6 Å². The SMILES string of the molecule is CC(=O)OCCCC[C@@H]1O[C@H]2CCCC[C@H]2C2=CCCC[C@@H]21. The van der Waals surface area contributed by atoms with Gasteiger partial charge in [-0.15, -0.1) is 0 Å². The summed E-state index contributed by atoms with van der Waals surface area (Å²) in [6.07, 6.45) is 15.8. The van der Waals surface area contributed by atoms with Gasteiger partial charge < -0.3 is 9.47 Å². The zero-order valence-corrected chi connectivity index (χ0v) is 13.9. The highest BCUT2D eigenvalue weighted by Crippen LogP contribution is 2.47. The van der Waals surface area contributed by atoms with E-state index in [2.05, 4.69) is 6.08 Å². The number of rotatable bonds is 5. The molecule has 3 aliphatic rings. The van der Waals surface area contributed by atoms with E-state index >= 15 is 0 Å². The number of carbonyl (C=O) groups excluding carboxylic acids is 1. The molecule has 3 rings (SSSR count). The number of ether oxygens (including phenoxy) is 2. The molecular weight excluding hydrogens is 276 g/mol. The topological polar surface area (TPSA) is 35.5 Å². The standard InChI is InChI=1S/C19H30O3/c1-14(20)21-13-7-6-12-19-16-9-3-2-8-15(16)17-10-4-5-11-18(17)22-19/h8,16-19H,2-7,9-13H2,1H3/t16-,17-,18-,19-/m0/s1. The second kappa shape index (κ2) is 7.63. The Balaban J connectivity index is 1.55. The van der Waals surface area contributed by atoms with E-state index in [0.717, 1.165) is 25.2 Å². The van der Waals surface area contributed by atoms with Crippen LogP contribution in [0.3, 0.4) is 0 Å². The highest BCUT2D eigenvalue weighted by Gasteiger charge is 2.42. The molecule has 0 aromatic rings. The molecule has 0 aromatic heterocycles. The van der Waals surface area contributed by atoms with Gasteiger partial charge in [-0.05, 0) is 51.4 Å². The minimum absolute atomic E-state index is 0.170. The van der Waals surface area contributed by atoms with Crippen molar-refractivity contribution < 1.29 is 14.3 Å². The van der Waals surface area contributed by atoms with Crippen LogP contribution < -0.4 is 0 Å². The Morgan fingerprint density at radius 2 is 2.00 bits per heavy atom. The van der Waals surface area contributed by atoms with Crippen LogP contribution in [-0.4, -0.2) is 24.8 Å². The molecule has 0 unspecified atom stereocenters. The summed E-state index contributed by atoms with van der Waals surface area (Å²) >= 11 is 0. The van der Waals surface area contributed by atoms with Crippen LogP contribution >= 0.6 is 0 Å². The van der Waals surface area contributed by atoms with Crippen molar-refractivity contribution in [2.24, 2.45) is 11.8 Å². The maximum absolute atomic E-state index is 10.8. The number of esters is 1. The van der Waals surface area contributed by atoms with Crippen LogP contribution in [-0.2, 0) is 14.3 Å². The minimum Gasteiger partial charge on any atom is -0.466 e. The summed E-state index contributed by atoms with van der Waals surface area (Å²) in [6, 6.07) is 0. The van der Waals surface area contributed by atoms with Gasteiger partial charge >= 0.3 is 5.97 Å². The first-order chi connectivity index (χ1) is 10.8. The van der Waals surface area contributed by atoms with E-state index in [-0.39, 0.29) is 5.97 Å². The van der Waals surface area contributed by atoms with Crippen LogP contribution in [0.5, 0.6) is 0 Å². The van der Waals surface area contributed by atoms with Gasteiger partial charge in [-0.2, -0.15) is 0 Å². The summed E-state index contributed by atoms with van der Waals surface area (Å²) in [5.74, 6) is 1.22. The number of fused-ring (bicyclic) bond motifs is 3. The first-order valence-corrected chi connectivity index (χ1v) is 9.24. The summed E-state index contributed by atoms with van der Waals surface area (Å²) in [7, 11) is 0. The third-order valence-electron chi connectivity index (χ3n) is 5.64. The lowest BCUT2D eigenvalue weighted by atomic mass is 9.68. The predicted octanol–water partition coefficient (Wildman–Crippen LogP) is 4.40. The lowest BCUT2D eigenvalue weighted by Gasteiger charge is -2.47. The second-order valence-electron chi connectivity index (χ2n) is 7.18. The highest BCUT2D eigenvalue weighted by atomic mass is 16.5. The summed E-state index contributed by atoms with van der Waals surface area (Å²) in [4.78, 5) is 10.8. The first kappa shape index (κ1) is 16.0. The molecule has 0 radical (unpaired) electrons. The van der Waals surface area contributed by atoms with Gasteiger partial charge in [0, 0.05) is 18.8 Å². The second-order valence-corrected chi connectivity index (χ2v) is 7.18. The van der Waals surface area contributed by atoms with Crippen molar-refractivity contribution in [3.05, 3.63) is 11.6 Å². The third-order valence-corrected chi connectivity index (χ3v) is 5.64. The average molecular weight is 306 g/mol. The van der Waals surface area contributed by atoms with Crippen molar-refractivity contribution in [2.75, 3.05) is 6.61 Å². The Bertz CT molecular complexity index is 415. The molecule has 0 bridgehead atoms. The quantitative estimate of drug-likeness (QED) is 0.429. The monoisotopic (exact) mass is 306 g/mol. The Morgan fingerprint density at radius 3 is 2.86 bits per heavy atom. The van der Waals surface area contributed by atoms with Crippen LogP contribution in [0, 0.1) is 11.8 Å². The maximum atomic E-state index is 10.8. The van der Waals surface area contributed by atoms with Crippen molar-refractivity contribution in [3.63, 3.8) is 0 Å². The molecule has 3 nitrogen and oxygen atoms in total. The summed E-state index contributed by atoms with van der Waals surface area (Å²) < 4.78 is 11.6. The summed E-state index contributed by atoms with van der Waals surface area (Å²) in [6.45, 7) is 2.04. The molecular formula is C19H30O3. The van der Waals surface area contributed by atoms with E-state index in [9.17, 15) is 4.79 Å². The van der Waals surface area contributed by atoms with Gasteiger partial charge in [0.15, 0.2) is 0 Å². The molecule has 0 N–H and O–H groups in total. The van der Waals surface area contributed by atoms with Gasteiger partial charge in [-0.1, -0.05) is 24.5 Å². The number of carbonyl (C=O) groups is 1. The lowest BCUT2D eigenvalue weighted by molar-refractivity contribution is -0.141. The predicted molar refractivity (Wildman–Crippen MR) is 86.5 cm³/mol. The van der Waals surface area contributed by atoms with Crippen molar-refractivity contribution in [3.8, 4) is 0 Å². The Hall–Kier alpha value is -0.830. The largest absolute Gasteiger partial charge is 0.466 e. The van der Waals surface area contributed by atoms with E-state index in [1.165, 1.54) is 51.9 Å². The van der Waals surface area contributed by atoms with Crippen LogP contribution in [0.4, 0.5) is 0 Å². The number of hydrogen-bond donors (Lipinski definition) is 0.